The van der Waals surface area contributed by atoms with Crippen molar-refractivity contribution in [3.05, 3.63) is 113 Å². The van der Waals surface area contributed by atoms with E-state index in [0.717, 1.165) is 11.1 Å². The number of amides is 1. The molecule has 0 radical (unpaired) electrons. The maximum Gasteiger partial charge on any atom is 0.345 e. The van der Waals surface area contributed by atoms with Crippen molar-refractivity contribution in [2.45, 2.75) is 0 Å². The number of ether oxygens (including phenoxy) is 1. The van der Waals surface area contributed by atoms with Crippen molar-refractivity contribution in [1.29, 1.82) is 0 Å². The van der Waals surface area contributed by atoms with E-state index in [0.29, 0.717) is 22.6 Å². The van der Waals surface area contributed by atoms with Crippen molar-refractivity contribution < 1.29 is 18.3 Å². The number of hydrogen-bond donors (Lipinski definition) is 1. The fourth-order valence-corrected chi connectivity index (χ4v) is 3.52. The number of para-hydroxylation sites is 2. The number of hydrazone groups is 1. The highest BCUT2D eigenvalue weighted by atomic mass is 19.1. The van der Waals surface area contributed by atoms with Crippen LogP contribution in [0.5, 0.6) is 5.75 Å². The third-order valence-corrected chi connectivity index (χ3v) is 5.24. The zero-order chi connectivity index (χ0) is 24.9. The van der Waals surface area contributed by atoms with Gasteiger partial charge < -0.3 is 9.15 Å². The molecule has 8 nitrogen and oxygen atoms in total. The summed E-state index contributed by atoms with van der Waals surface area (Å²) in [4.78, 5) is 24.9. The number of aromatic nitrogens is 2. The smallest absolute Gasteiger partial charge is 0.345 e. The molecule has 0 saturated heterocycles. The normalized spacial score (nSPS) is 11.1. The summed E-state index contributed by atoms with van der Waals surface area (Å²) in [5.74, 6) is -0.563. The third-order valence-electron chi connectivity index (χ3n) is 5.24. The molecule has 5 aromatic rings. The van der Waals surface area contributed by atoms with Gasteiger partial charge in [-0.2, -0.15) is 10.2 Å². The van der Waals surface area contributed by atoms with Crippen LogP contribution in [-0.4, -0.2) is 28.5 Å². The van der Waals surface area contributed by atoms with E-state index in [1.807, 2.05) is 42.5 Å². The Kier molecular flexibility index (Phi) is 6.35. The minimum atomic E-state index is -0.543. The quantitative estimate of drug-likeness (QED) is 0.212. The predicted molar refractivity (Wildman–Crippen MR) is 133 cm³/mol. The molecule has 0 saturated carbocycles. The molecular weight excluding hydrogens is 463 g/mol. The Labute approximate surface area is 204 Å². The SMILES string of the molecule is O=C(COc1ccc(F)cc1)NN=Cc1cn(-c2ccccc2)nc1-c1cc2ccccc2oc1=O. The van der Waals surface area contributed by atoms with Crippen molar-refractivity contribution in [1.82, 2.24) is 15.2 Å². The van der Waals surface area contributed by atoms with Gasteiger partial charge in [0.1, 0.15) is 22.8 Å². The molecule has 36 heavy (non-hydrogen) atoms. The lowest BCUT2D eigenvalue weighted by Crippen LogP contribution is -2.24. The largest absolute Gasteiger partial charge is 0.484 e. The van der Waals surface area contributed by atoms with Gasteiger partial charge in [-0.3, -0.25) is 4.79 Å². The van der Waals surface area contributed by atoms with Crippen molar-refractivity contribution >= 4 is 23.1 Å². The molecule has 0 aliphatic rings. The monoisotopic (exact) mass is 482 g/mol. The summed E-state index contributed by atoms with van der Waals surface area (Å²) in [6.07, 6.45) is 3.09. The number of carbonyl (C=O) groups is 1. The van der Waals surface area contributed by atoms with E-state index in [9.17, 15) is 14.0 Å². The molecule has 5 rings (SSSR count). The predicted octanol–water partition coefficient (Wildman–Crippen LogP) is 4.31. The van der Waals surface area contributed by atoms with Crippen LogP contribution in [0.3, 0.4) is 0 Å². The summed E-state index contributed by atoms with van der Waals surface area (Å²) in [5.41, 5.74) is 4.18. The highest BCUT2D eigenvalue weighted by Crippen LogP contribution is 2.23. The highest BCUT2D eigenvalue weighted by molar-refractivity contribution is 5.91. The Morgan fingerprint density at radius 2 is 1.81 bits per heavy atom. The van der Waals surface area contributed by atoms with Gasteiger partial charge in [-0.05, 0) is 48.5 Å². The molecule has 9 heteroatoms. The molecule has 1 N–H and O–H groups in total. The number of fused-ring (bicyclic) bond motifs is 1. The first-order valence-corrected chi connectivity index (χ1v) is 11.0. The molecular formula is C27H19FN4O4. The Morgan fingerprint density at radius 1 is 1.06 bits per heavy atom. The lowest BCUT2D eigenvalue weighted by atomic mass is 10.1. The van der Waals surface area contributed by atoms with Crippen LogP contribution in [0.2, 0.25) is 0 Å². The number of hydrogen-bond acceptors (Lipinski definition) is 6. The minimum absolute atomic E-state index is 0.260. The van der Waals surface area contributed by atoms with Crippen molar-refractivity contribution in [2.75, 3.05) is 6.61 Å². The van der Waals surface area contributed by atoms with E-state index in [4.69, 9.17) is 9.15 Å². The molecule has 178 valence electrons. The average molecular weight is 482 g/mol. The number of rotatable bonds is 7. The third kappa shape index (κ3) is 5.05. The van der Waals surface area contributed by atoms with Gasteiger partial charge in [0.15, 0.2) is 6.61 Å². The second-order valence-corrected chi connectivity index (χ2v) is 7.73. The van der Waals surface area contributed by atoms with E-state index in [2.05, 4.69) is 15.6 Å². The number of halogens is 1. The first-order chi connectivity index (χ1) is 17.6. The fourth-order valence-electron chi connectivity index (χ4n) is 3.52. The molecule has 3 aromatic carbocycles. The summed E-state index contributed by atoms with van der Waals surface area (Å²) >= 11 is 0. The van der Waals surface area contributed by atoms with Gasteiger partial charge in [-0.1, -0.05) is 36.4 Å². The van der Waals surface area contributed by atoms with Crippen LogP contribution < -0.4 is 15.8 Å². The van der Waals surface area contributed by atoms with E-state index in [-0.39, 0.29) is 12.2 Å². The molecule has 0 atom stereocenters. The molecule has 0 bridgehead atoms. The molecule has 0 fully saturated rings. The maximum atomic E-state index is 13.0. The first-order valence-electron chi connectivity index (χ1n) is 11.0. The molecule has 0 spiro atoms. The summed E-state index contributed by atoms with van der Waals surface area (Å²) in [6.45, 7) is -0.312. The zero-order valence-electron chi connectivity index (χ0n) is 18.8. The Bertz CT molecular complexity index is 1610. The highest BCUT2D eigenvalue weighted by Gasteiger charge is 2.16. The van der Waals surface area contributed by atoms with Crippen LogP contribution in [0.4, 0.5) is 4.39 Å². The maximum absolute atomic E-state index is 13.0. The Morgan fingerprint density at radius 3 is 2.61 bits per heavy atom. The molecule has 2 heterocycles. The summed E-state index contributed by atoms with van der Waals surface area (Å²) in [7, 11) is 0. The second kappa shape index (κ2) is 10.1. The standard InChI is InChI=1S/C27H19FN4O4/c28-20-10-12-22(13-11-20)35-17-25(33)30-29-15-19-16-32(21-7-2-1-3-8-21)31-26(19)23-14-18-6-4-5-9-24(18)36-27(23)34/h1-16H,17H2,(H,30,33). The van der Waals surface area contributed by atoms with Gasteiger partial charge in [-0.15, -0.1) is 0 Å². The van der Waals surface area contributed by atoms with Crippen molar-refractivity contribution in [3.8, 4) is 22.7 Å². The van der Waals surface area contributed by atoms with Crippen molar-refractivity contribution in [3.63, 3.8) is 0 Å². The van der Waals surface area contributed by atoms with Crippen LogP contribution in [0, 0.1) is 5.82 Å². The molecule has 0 aliphatic heterocycles. The van der Waals surface area contributed by atoms with Crippen LogP contribution in [-0.2, 0) is 4.79 Å². The van der Waals surface area contributed by atoms with E-state index < -0.39 is 17.3 Å². The summed E-state index contributed by atoms with van der Waals surface area (Å²) in [5, 5.41) is 9.34. The lowest BCUT2D eigenvalue weighted by Gasteiger charge is -2.04. The second-order valence-electron chi connectivity index (χ2n) is 7.73. The Balaban J connectivity index is 1.41. The first kappa shape index (κ1) is 22.7. The van der Waals surface area contributed by atoms with Crippen LogP contribution in [0.1, 0.15) is 5.56 Å². The minimum Gasteiger partial charge on any atom is -0.484 e. The number of carbonyl (C=O) groups excluding carboxylic acids is 1. The molecule has 0 unspecified atom stereocenters. The van der Waals surface area contributed by atoms with Gasteiger partial charge in [0, 0.05) is 17.1 Å². The van der Waals surface area contributed by atoms with Gasteiger partial charge in [-0.25, -0.2) is 19.3 Å². The van der Waals surface area contributed by atoms with Gasteiger partial charge in [0.25, 0.3) is 5.91 Å². The molecule has 2 aromatic heterocycles. The van der Waals surface area contributed by atoms with E-state index in [1.165, 1.54) is 30.5 Å². The van der Waals surface area contributed by atoms with Gasteiger partial charge >= 0.3 is 5.63 Å². The number of nitrogens with zero attached hydrogens (tertiary/aromatic N) is 3. The summed E-state index contributed by atoms with van der Waals surface area (Å²) in [6, 6.07) is 23.6. The lowest BCUT2D eigenvalue weighted by molar-refractivity contribution is -0.123. The fraction of sp³-hybridized carbons (Fsp3) is 0.0370. The van der Waals surface area contributed by atoms with Crippen LogP contribution >= 0.6 is 0 Å². The zero-order valence-corrected chi connectivity index (χ0v) is 18.8. The number of benzene rings is 3. The molecule has 0 aliphatic carbocycles. The average Bonchev–Trinajstić information content (AvgIpc) is 3.32. The van der Waals surface area contributed by atoms with E-state index >= 15 is 0 Å². The number of nitrogens with one attached hydrogen (secondary N) is 1. The molecule has 1 amide bonds. The van der Waals surface area contributed by atoms with Crippen molar-refractivity contribution in [2.24, 2.45) is 5.10 Å². The Hall–Kier alpha value is -5.05. The van der Waals surface area contributed by atoms with Gasteiger partial charge in [0.2, 0.25) is 0 Å². The topological polar surface area (TPSA) is 98.7 Å². The van der Waals surface area contributed by atoms with E-state index in [1.54, 1.807) is 29.1 Å². The van der Waals surface area contributed by atoms with Gasteiger partial charge in [0.05, 0.1) is 17.5 Å². The van der Waals surface area contributed by atoms with Crippen LogP contribution in [0.15, 0.2) is 105 Å². The van der Waals surface area contributed by atoms with Crippen LogP contribution in [0.25, 0.3) is 27.9 Å². The summed E-state index contributed by atoms with van der Waals surface area (Å²) < 4.78 is 25.4.